The van der Waals surface area contributed by atoms with Crippen molar-refractivity contribution in [3.8, 4) is 0 Å². The van der Waals surface area contributed by atoms with E-state index in [0.29, 0.717) is 5.92 Å². The van der Waals surface area contributed by atoms with Crippen LogP contribution in [-0.4, -0.2) is 23.1 Å². The van der Waals surface area contributed by atoms with Gasteiger partial charge >= 0.3 is 6.18 Å². The van der Waals surface area contributed by atoms with Crippen LogP contribution < -0.4 is 10.6 Å². The van der Waals surface area contributed by atoms with Crippen molar-refractivity contribution in [1.29, 1.82) is 0 Å². The number of anilines is 2. The van der Waals surface area contributed by atoms with Crippen molar-refractivity contribution < 1.29 is 13.2 Å². The Morgan fingerprint density at radius 2 is 1.89 bits per heavy atom. The van der Waals surface area contributed by atoms with E-state index in [4.69, 9.17) is 0 Å². The third-order valence-corrected chi connectivity index (χ3v) is 3.28. The fourth-order valence-corrected chi connectivity index (χ4v) is 2.32. The fourth-order valence-electron chi connectivity index (χ4n) is 2.32. The van der Waals surface area contributed by atoms with Crippen molar-refractivity contribution in [1.82, 2.24) is 9.97 Å². The van der Waals surface area contributed by atoms with Gasteiger partial charge < -0.3 is 10.6 Å². The summed E-state index contributed by atoms with van der Waals surface area (Å²) < 4.78 is 38.0. The summed E-state index contributed by atoms with van der Waals surface area (Å²) in [6.45, 7) is 2.14. The fraction of sp³-hybridized carbons (Fsp3) is 0.667. The molecule has 19 heavy (non-hydrogen) atoms. The lowest BCUT2D eigenvalue weighted by molar-refractivity contribution is -0.144. The molecule has 0 spiro atoms. The Hall–Kier alpha value is -1.53. The van der Waals surface area contributed by atoms with Crippen molar-refractivity contribution in [3.05, 3.63) is 11.9 Å². The van der Waals surface area contributed by atoms with Crippen LogP contribution in [0, 0.1) is 5.92 Å². The van der Waals surface area contributed by atoms with Gasteiger partial charge in [-0.15, -0.1) is 0 Å². The third kappa shape index (κ3) is 3.48. The highest BCUT2D eigenvalue weighted by atomic mass is 19.4. The molecule has 0 amide bonds. The molecular formula is C12H17F3N4. The minimum atomic E-state index is -4.54. The van der Waals surface area contributed by atoms with Crippen LogP contribution >= 0.6 is 0 Å². The van der Waals surface area contributed by atoms with Gasteiger partial charge in [-0.2, -0.15) is 13.2 Å². The summed E-state index contributed by atoms with van der Waals surface area (Å²) in [6, 6.07) is 1.69. The second-order valence-corrected chi connectivity index (χ2v) is 4.97. The first-order valence-corrected chi connectivity index (χ1v) is 6.29. The van der Waals surface area contributed by atoms with Gasteiger partial charge in [0.05, 0.1) is 0 Å². The Morgan fingerprint density at radius 1 is 1.21 bits per heavy atom. The van der Waals surface area contributed by atoms with Gasteiger partial charge in [-0.25, -0.2) is 9.97 Å². The summed E-state index contributed by atoms with van der Waals surface area (Å²) in [4.78, 5) is 6.98. The van der Waals surface area contributed by atoms with E-state index in [1.54, 1.807) is 0 Å². The lowest BCUT2D eigenvalue weighted by Gasteiger charge is -2.15. The minimum Gasteiger partial charge on any atom is -0.373 e. The first-order valence-electron chi connectivity index (χ1n) is 6.29. The average molecular weight is 274 g/mol. The second kappa shape index (κ2) is 5.22. The Bertz CT molecular complexity index is 447. The van der Waals surface area contributed by atoms with E-state index in [-0.39, 0.29) is 17.7 Å². The van der Waals surface area contributed by atoms with Gasteiger partial charge in [0.1, 0.15) is 11.6 Å². The molecule has 1 fully saturated rings. The predicted octanol–water partition coefficient (Wildman–Crippen LogP) is 3.14. The summed E-state index contributed by atoms with van der Waals surface area (Å²) in [5.74, 6) is -0.125. The van der Waals surface area contributed by atoms with Crippen LogP contribution in [0.15, 0.2) is 6.07 Å². The molecule has 0 aliphatic heterocycles. The molecule has 0 aromatic carbocycles. The number of alkyl halides is 3. The Labute approximate surface area is 109 Å². The lowest BCUT2D eigenvalue weighted by Crippen LogP contribution is -2.19. The van der Waals surface area contributed by atoms with Gasteiger partial charge in [-0.3, -0.25) is 0 Å². The number of halogens is 3. The van der Waals surface area contributed by atoms with E-state index in [0.717, 1.165) is 19.3 Å². The normalized spacial score (nSPS) is 23.4. The molecule has 0 bridgehead atoms. The van der Waals surface area contributed by atoms with Crippen LogP contribution in [-0.2, 0) is 6.18 Å². The van der Waals surface area contributed by atoms with Crippen molar-refractivity contribution in [2.24, 2.45) is 5.92 Å². The van der Waals surface area contributed by atoms with E-state index in [9.17, 15) is 13.2 Å². The third-order valence-electron chi connectivity index (χ3n) is 3.28. The SMILES string of the molecule is CNc1cc(NC2CCC(C)C2)nc(C(F)(F)F)n1. The van der Waals surface area contributed by atoms with Gasteiger partial charge in [-0.1, -0.05) is 6.92 Å². The van der Waals surface area contributed by atoms with Crippen LogP contribution in [0.25, 0.3) is 0 Å². The van der Waals surface area contributed by atoms with E-state index in [1.165, 1.54) is 13.1 Å². The molecule has 2 N–H and O–H groups in total. The molecule has 0 radical (unpaired) electrons. The highest BCUT2D eigenvalue weighted by molar-refractivity contribution is 5.48. The van der Waals surface area contributed by atoms with Gasteiger partial charge in [-0.05, 0) is 25.2 Å². The number of nitrogens with zero attached hydrogens (tertiary/aromatic N) is 2. The van der Waals surface area contributed by atoms with E-state index >= 15 is 0 Å². The molecule has 1 heterocycles. The Kier molecular flexibility index (Phi) is 3.82. The quantitative estimate of drug-likeness (QED) is 0.889. The van der Waals surface area contributed by atoms with Crippen molar-refractivity contribution in [3.63, 3.8) is 0 Å². The maximum Gasteiger partial charge on any atom is 0.451 e. The summed E-state index contributed by atoms with van der Waals surface area (Å²) in [6.07, 6.45) is -1.53. The smallest absolute Gasteiger partial charge is 0.373 e. The van der Waals surface area contributed by atoms with Gasteiger partial charge in [0.25, 0.3) is 0 Å². The molecule has 2 atom stereocenters. The molecular weight excluding hydrogens is 257 g/mol. The van der Waals surface area contributed by atoms with Crippen LogP contribution in [0.4, 0.5) is 24.8 Å². The molecule has 1 saturated carbocycles. The molecule has 1 aliphatic rings. The van der Waals surface area contributed by atoms with E-state index < -0.39 is 12.0 Å². The number of rotatable bonds is 3. The zero-order valence-electron chi connectivity index (χ0n) is 10.9. The second-order valence-electron chi connectivity index (χ2n) is 4.97. The number of hydrogen-bond donors (Lipinski definition) is 2. The summed E-state index contributed by atoms with van der Waals surface area (Å²) >= 11 is 0. The maximum absolute atomic E-state index is 12.7. The molecule has 1 aliphatic carbocycles. The highest BCUT2D eigenvalue weighted by Gasteiger charge is 2.35. The molecule has 4 nitrogen and oxygen atoms in total. The summed E-state index contributed by atoms with van der Waals surface area (Å²) in [7, 11) is 1.53. The molecule has 1 aromatic rings. The minimum absolute atomic E-state index is 0.163. The molecule has 2 rings (SSSR count). The Balaban J connectivity index is 2.20. The van der Waals surface area contributed by atoms with Crippen LogP contribution in [0.5, 0.6) is 0 Å². The van der Waals surface area contributed by atoms with Crippen LogP contribution in [0.3, 0.4) is 0 Å². The van der Waals surface area contributed by atoms with Gasteiger partial charge in [0.2, 0.25) is 5.82 Å². The zero-order valence-corrected chi connectivity index (χ0v) is 10.9. The summed E-state index contributed by atoms with van der Waals surface area (Å²) in [5.41, 5.74) is 0. The van der Waals surface area contributed by atoms with Crippen LogP contribution in [0.1, 0.15) is 32.0 Å². The standard InChI is InChI=1S/C12H17F3N4/c1-7-3-4-8(5-7)17-10-6-9(16-2)18-11(19-10)12(13,14)15/h6-8H,3-5H2,1-2H3,(H2,16,17,18,19). The van der Waals surface area contributed by atoms with Gasteiger partial charge in [0, 0.05) is 19.2 Å². The first kappa shape index (κ1) is 13.9. The maximum atomic E-state index is 12.7. The monoisotopic (exact) mass is 274 g/mol. The van der Waals surface area contributed by atoms with Crippen molar-refractivity contribution >= 4 is 11.6 Å². The van der Waals surface area contributed by atoms with E-state index in [2.05, 4.69) is 27.5 Å². The largest absolute Gasteiger partial charge is 0.451 e. The predicted molar refractivity (Wildman–Crippen MR) is 67.0 cm³/mol. The van der Waals surface area contributed by atoms with Crippen molar-refractivity contribution in [2.45, 2.75) is 38.4 Å². The number of nitrogens with one attached hydrogen (secondary N) is 2. The molecule has 1 aromatic heterocycles. The average Bonchev–Trinajstić information content (AvgIpc) is 2.73. The van der Waals surface area contributed by atoms with Crippen molar-refractivity contribution in [2.75, 3.05) is 17.7 Å². The number of aromatic nitrogens is 2. The highest BCUT2D eigenvalue weighted by Crippen LogP contribution is 2.30. The zero-order chi connectivity index (χ0) is 14.0. The van der Waals surface area contributed by atoms with Crippen LogP contribution in [0.2, 0.25) is 0 Å². The Morgan fingerprint density at radius 3 is 2.42 bits per heavy atom. The lowest BCUT2D eigenvalue weighted by atomic mass is 10.1. The first-order chi connectivity index (χ1) is 8.88. The topological polar surface area (TPSA) is 49.8 Å². The molecule has 2 unspecified atom stereocenters. The number of hydrogen-bond acceptors (Lipinski definition) is 4. The summed E-state index contributed by atoms with van der Waals surface area (Å²) in [5, 5.41) is 5.69. The molecule has 7 heteroatoms. The molecule has 0 saturated heterocycles. The van der Waals surface area contributed by atoms with Gasteiger partial charge in [0.15, 0.2) is 0 Å². The molecule has 106 valence electrons. The van der Waals surface area contributed by atoms with E-state index in [1.807, 2.05) is 0 Å².